The number of aliphatic imine (C=N–C) groups is 2. The lowest BCUT2D eigenvalue weighted by Crippen LogP contribution is -2.27. The second-order valence-electron chi connectivity index (χ2n) is 4.59. The van der Waals surface area contributed by atoms with Crippen LogP contribution in [0.3, 0.4) is 0 Å². The monoisotopic (exact) mass is 307 g/mol. The highest BCUT2D eigenvalue weighted by atomic mass is 32.2. The Hall–Kier alpha value is -1.89. The molecule has 6 nitrogen and oxygen atoms in total. The van der Waals surface area contributed by atoms with Gasteiger partial charge in [0, 0.05) is 5.71 Å². The van der Waals surface area contributed by atoms with Gasteiger partial charge >= 0.3 is 0 Å². The first-order valence-corrected chi connectivity index (χ1v) is 7.68. The smallest absolute Gasteiger partial charge is 0.256 e. The van der Waals surface area contributed by atoms with Gasteiger partial charge in [0.15, 0.2) is 5.17 Å². The molecule has 7 heteroatoms. The molecule has 2 amide bonds. The van der Waals surface area contributed by atoms with Crippen molar-refractivity contribution in [2.45, 2.75) is 26.8 Å². The van der Waals surface area contributed by atoms with Crippen LogP contribution in [0.15, 0.2) is 32.8 Å². The van der Waals surface area contributed by atoms with E-state index in [9.17, 15) is 9.59 Å². The van der Waals surface area contributed by atoms with Crippen LogP contribution in [0.5, 0.6) is 0 Å². The van der Waals surface area contributed by atoms with Gasteiger partial charge in [-0.15, -0.1) is 0 Å². The Morgan fingerprint density at radius 3 is 2.90 bits per heavy atom. The first-order valence-electron chi connectivity index (χ1n) is 6.69. The fourth-order valence-electron chi connectivity index (χ4n) is 1.92. The van der Waals surface area contributed by atoms with Gasteiger partial charge in [0.05, 0.1) is 24.5 Å². The van der Waals surface area contributed by atoms with Crippen LogP contribution in [-0.2, 0) is 16.1 Å². The molecule has 1 atom stereocenters. The number of hydrogen-bond acceptors (Lipinski definition) is 5. The van der Waals surface area contributed by atoms with Crippen LogP contribution in [-0.4, -0.2) is 28.4 Å². The van der Waals surface area contributed by atoms with E-state index in [0.717, 1.165) is 17.5 Å². The van der Waals surface area contributed by atoms with Crippen LogP contribution in [0, 0.1) is 5.92 Å². The Kier molecular flexibility index (Phi) is 5.32. The number of carbonyl (C=O) groups excluding carboxylic acids is 2. The summed E-state index contributed by atoms with van der Waals surface area (Å²) in [6.45, 7) is 4.09. The maximum atomic E-state index is 11.8. The first kappa shape index (κ1) is 15.5. The molecule has 0 saturated heterocycles. The topological polar surface area (TPSA) is 84.0 Å². The molecule has 1 unspecified atom stereocenters. The number of carbonyl (C=O) groups is 2. The van der Waals surface area contributed by atoms with Crippen molar-refractivity contribution in [2.24, 2.45) is 15.9 Å². The molecule has 0 saturated carbocycles. The molecular formula is C14H17N3O3S. The minimum Gasteiger partial charge on any atom is -0.467 e. The third kappa shape index (κ3) is 4.29. The zero-order valence-corrected chi connectivity index (χ0v) is 12.8. The molecule has 21 heavy (non-hydrogen) atoms. The van der Waals surface area contributed by atoms with Crippen molar-refractivity contribution in [1.29, 1.82) is 0 Å². The van der Waals surface area contributed by atoms with Crippen molar-refractivity contribution in [2.75, 3.05) is 5.75 Å². The molecule has 1 aromatic rings. The molecule has 0 aliphatic carbocycles. The van der Waals surface area contributed by atoms with Crippen LogP contribution in [0.4, 0.5) is 0 Å². The molecule has 0 aromatic carbocycles. The van der Waals surface area contributed by atoms with Crippen LogP contribution in [0.1, 0.15) is 26.0 Å². The van der Waals surface area contributed by atoms with Crippen molar-refractivity contribution in [1.82, 2.24) is 5.32 Å². The Bertz CT molecular complexity index is 578. The number of amidine groups is 1. The van der Waals surface area contributed by atoms with Crippen molar-refractivity contribution in [3.63, 3.8) is 0 Å². The summed E-state index contributed by atoms with van der Waals surface area (Å²) in [5.74, 6) is 0.307. The normalized spacial score (nSPS) is 18.2. The molecule has 0 fully saturated rings. The average Bonchev–Trinajstić information content (AvgIpc) is 2.96. The Labute approximate surface area is 127 Å². The van der Waals surface area contributed by atoms with E-state index in [4.69, 9.17) is 4.42 Å². The Balaban J connectivity index is 1.80. The molecule has 112 valence electrons. The summed E-state index contributed by atoms with van der Waals surface area (Å²) in [7, 11) is 0. The molecule has 2 rings (SSSR count). The van der Waals surface area contributed by atoms with Gasteiger partial charge in [0.1, 0.15) is 5.76 Å². The van der Waals surface area contributed by atoms with E-state index in [1.54, 1.807) is 18.4 Å². The van der Waals surface area contributed by atoms with Crippen LogP contribution < -0.4 is 5.32 Å². The fourth-order valence-corrected chi connectivity index (χ4v) is 2.64. The lowest BCUT2D eigenvalue weighted by Gasteiger charge is -2.15. The molecule has 1 aromatic heterocycles. The van der Waals surface area contributed by atoms with Gasteiger partial charge in [-0.2, -0.15) is 4.99 Å². The highest BCUT2D eigenvalue weighted by molar-refractivity contribution is 8.14. The molecule has 0 bridgehead atoms. The van der Waals surface area contributed by atoms with Crippen LogP contribution >= 0.6 is 11.8 Å². The molecule has 2 heterocycles. The van der Waals surface area contributed by atoms with Crippen molar-refractivity contribution in [3.8, 4) is 0 Å². The summed E-state index contributed by atoms with van der Waals surface area (Å²) in [4.78, 5) is 31.7. The van der Waals surface area contributed by atoms with Crippen LogP contribution in [0.25, 0.3) is 0 Å². The number of hydrogen-bond donors (Lipinski definition) is 1. The van der Waals surface area contributed by atoms with Gasteiger partial charge in [-0.3, -0.25) is 9.59 Å². The maximum Gasteiger partial charge on any atom is 0.256 e. The van der Waals surface area contributed by atoms with Crippen molar-refractivity contribution >= 4 is 34.5 Å². The maximum absolute atomic E-state index is 11.8. The van der Waals surface area contributed by atoms with E-state index in [1.165, 1.54) is 0 Å². The van der Waals surface area contributed by atoms with Gasteiger partial charge in [0.2, 0.25) is 5.91 Å². The van der Waals surface area contributed by atoms with Gasteiger partial charge in [-0.1, -0.05) is 18.7 Å². The zero-order chi connectivity index (χ0) is 15.2. The predicted octanol–water partition coefficient (Wildman–Crippen LogP) is 2.01. The van der Waals surface area contributed by atoms with E-state index in [2.05, 4.69) is 15.3 Å². The molecule has 0 radical (unpaired) electrons. The largest absolute Gasteiger partial charge is 0.467 e. The summed E-state index contributed by atoms with van der Waals surface area (Å²) < 4.78 is 5.12. The summed E-state index contributed by atoms with van der Waals surface area (Å²) in [6.07, 6.45) is 2.25. The third-order valence-electron chi connectivity index (χ3n) is 3.06. The van der Waals surface area contributed by atoms with Crippen LogP contribution in [0.2, 0.25) is 0 Å². The minimum atomic E-state index is -0.220. The number of thioether (sulfide) groups is 1. The highest BCUT2D eigenvalue weighted by Gasteiger charge is 2.24. The van der Waals surface area contributed by atoms with Crippen molar-refractivity contribution < 1.29 is 14.0 Å². The molecule has 1 N–H and O–H groups in total. The highest BCUT2D eigenvalue weighted by Crippen LogP contribution is 2.18. The molecule has 0 spiro atoms. The summed E-state index contributed by atoms with van der Waals surface area (Å²) in [5.41, 5.74) is 0.760. The van der Waals surface area contributed by atoms with Crippen molar-refractivity contribution in [3.05, 3.63) is 24.2 Å². The fraction of sp³-hybridized carbons (Fsp3) is 0.429. The first-order chi connectivity index (χ1) is 10.1. The number of furan rings is 1. The van der Waals surface area contributed by atoms with E-state index in [1.807, 2.05) is 13.8 Å². The zero-order valence-electron chi connectivity index (χ0n) is 12.0. The lowest BCUT2D eigenvalue weighted by molar-refractivity contribution is -0.120. The van der Waals surface area contributed by atoms with E-state index in [-0.39, 0.29) is 23.5 Å². The van der Waals surface area contributed by atoms with Gasteiger partial charge in [-0.05, 0) is 25.5 Å². The van der Waals surface area contributed by atoms with Gasteiger partial charge in [-0.25, -0.2) is 4.99 Å². The SMILES string of the molecule is CCC1C(=O)N=C(SCC(=O)NCc2ccco2)N=C1C. The van der Waals surface area contributed by atoms with E-state index in [0.29, 0.717) is 23.9 Å². The standard InChI is InChI=1S/C14H17N3O3S/c1-3-11-9(2)16-14(17-13(11)19)21-8-12(18)15-7-10-5-4-6-20-10/h4-6,11H,3,7-8H2,1-2H3,(H,15,18). The lowest BCUT2D eigenvalue weighted by atomic mass is 10.0. The summed E-state index contributed by atoms with van der Waals surface area (Å²) in [6, 6.07) is 3.55. The quantitative estimate of drug-likeness (QED) is 0.902. The molecular weight excluding hydrogens is 290 g/mol. The molecule has 1 aliphatic rings. The van der Waals surface area contributed by atoms with E-state index >= 15 is 0 Å². The average molecular weight is 307 g/mol. The third-order valence-corrected chi connectivity index (χ3v) is 3.91. The van der Waals surface area contributed by atoms with Gasteiger partial charge in [0.25, 0.3) is 5.91 Å². The summed E-state index contributed by atoms with van der Waals surface area (Å²) >= 11 is 1.16. The minimum absolute atomic E-state index is 0.156. The second kappa shape index (κ2) is 7.21. The second-order valence-corrected chi connectivity index (χ2v) is 5.53. The Morgan fingerprint density at radius 1 is 1.48 bits per heavy atom. The van der Waals surface area contributed by atoms with Gasteiger partial charge < -0.3 is 9.73 Å². The predicted molar refractivity (Wildman–Crippen MR) is 82.3 cm³/mol. The number of rotatable bonds is 5. The number of nitrogens with zero attached hydrogens (tertiary/aromatic N) is 2. The number of nitrogens with one attached hydrogen (secondary N) is 1. The molecule has 1 aliphatic heterocycles. The summed E-state index contributed by atoms with van der Waals surface area (Å²) in [5, 5.41) is 3.08. The number of amides is 2. The Morgan fingerprint density at radius 2 is 2.29 bits per heavy atom. The van der Waals surface area contributed by atoms with E-state index < -0.39 is 0 Å².